The van der Waals surface area contributed by atoms with E-state index < -0.39 is 0 Å². The predicted octanol–water partition coefficient (Wildman–Crippen LogP) is 5.32. The quantitative estimate of drug-likeness (QED) is 0.537. The van der Waals surface area contributed by atoms with Crippen molar-refractivity contribution in [3.8, 4) is 11.8 Å². The first-order valence-corrected chi connectivity index (χ1v) is 7.95. The Kier molecular flexibility index (Phi) is 5.97. The first-order chi connectivity index (χ1) is 8.47. The van der Waals surface area contributed by atoms with Crippen LogP contribution in [0.1, 0.15) is 83.5 Å². The van der Waals surface area contributed by atoms with Crippen LogP contribution in [-0.4, -0.2) is 0 Å². The summed E-state index contributed by atoms with van der Waals surface area (Å²) in [4.78, 5) is 0. The van der Waals surface area contributed by atoms with Crippen molar-refractivity contribution in [3.05, 3.63) is 0 Å². The minimum absolute atomic E-state index is 0.744. The first-order valence-electron chi connectivity index (χ1n) is 7.95. The summed E-state index contributed by atoms with van der Waals surface area (Å²) < 4.78 is 0. The summed E-state index contributed by atoms with van der Waals surface area (Å²) in [7, 11) is 0. The Hall–Kier alpha value is -0.440. The Bertz CT molecular complexity index is 249. The van der Waals surface area contributed by atoms with Gasteiger partial charge in [-0.15, -0.1) is 5.92 Å². The molecule has 0 nitrogen and oxygen atoms in total. The van der Waals surface area contributed by atoms with Crippen LogP contribution in [0.15, 0.2) is 0 Å². The SMILES string of the molecule is C1#CC(C2CCCCC2)CCCCCCCC1. The lowest BCUT2D eigenvalue weighted by atomic mass is 9.78. The molecule has 2 aliphatic rings. The normalized spacial score (nSPS) is 28.8. The summed E-state index contributed by atoms with van der Waals surface area (Å²) in [5.41, 5.74) is 0. The van der Waals surface area contributed by atoms with Gasteiger partial charge in [0.2, 0.25) is 0 Å². The molecule has 0 N–H and O–H groups in total. The lowest BCUT2D eigenvalue weighted by Crippen LogP contribution is -2.16. The molecule has 0 amide bonds. The van der Waals surface area contributed by atoms with Gasteiger partial charge >= 0.3 is 0 Å². The van der Waals surface area contributed by atoms with Gasteiger partial charge in [-0.25, -0.2) is 0 Å². The van der Waals surface area contributed by atoms with Crippen molar-refractivity contribution in [2.75, 3.05) is 0 Å². The molecule has 1 atom stereocenters. The molecule has 0 aromatic rings. The minimum Gasteiger partial charge on any atom is -0.103 e. The Labute approximate surface area is 108 Å². The molecule has 0 aliphatic heterocycles. The fraction of sp³-hybridized carbons (Fsp3) is 0.882. The van der Waals surface area contributed by atoms with Gasteiger partial charge in [0, 0.05) is 12.3 Å². The van der Waals surface area contributed by atoms with E-state index in [9.17, 15) is 0 Å². The standard InChI is InChI=1S/C17H28/c1-2-4-6-9-13-16(12-8-5-3-1)17-14-10-7-11-15-17/h16-17H,1-8,10-12,14-15H2. The van der Waals surface area contributed by atoms with Gasteiger partial charge in [-0.05, 0) is 31.6 Å². The molecule has 0 bridgehead atoms. The zero-order chi connectivity index (χ0) is 11.8. The molecule has 1 saturated carbocycles. The maximum atomic E-state index is 3.64. The van der Waals surface area contributed by atoms with Gasteiger partial charge < -0.3 is 0 Å². The van der Waals surface area contributed by atoms with E-state index in [0.717, 1.165) is 18.3 Å². The second-order valence-corrected chi connectivity index (χ2v) is 5.99. The fourth-order valence-corrected chi connectivity index (χ4v) is 3.45. The van der Waals surface area contributed by atoms with Crippen LogP contribution < -0.4 is 0 Å². The van der Waals surface area contributed by atoms with Crippen molar-refractivity contribution in [2.45, 2.75) is 83.5 Å². The molecule has 0 heteroatoms. The van der Waals surface area contributed by atoms with E-state index in [0.29, 0.717) is 0 Å². The number of rotatable bonds is 1. The summed E-state index contributed by atoms with van der Waals surface area (Å²) in [6, 6.07) is 0. The monoisotopic (exact) mass is 232 g/mol. The zero-order valence-electron chi connectivity index (χ0n) is 11.3. The maximum Gasteiger partial charge on any atom is 0.0231 e. The van der Waals surface area contributed by atoms with Crippen molar-refractivity contribution in [1.29, 1.82) is 0 Å². The fourth-order valence-electron chi connectivity index (χ4n) is 3.45. The van der Waals surface area contributed by atoms with Gasteiger partial charge in [-0.2, -0.15) is 0 Å². The summed E-state index contributed by atoms with van der Waals surface area (Å²) in [6.45, 7) is 0. The van der Waals surface area contributed by atoms with Crippen molar-refractivity contribution in [1.82, 2.24) is 0 Å². The molecule has 1 unspecified atom stereocenters. The van der Waals surface area contributed by atoms with E-state index in [1.807, 2.05) is 0 Å². The van der Waals surface area contributed by atoms with Crippen LogP contribution in [0.4, 0.5) is 0 Å². The minimum atomic E-state index is 0.744. The zero-order valence-corrected chi connectivity index (χ0v) is 11.3. The molecule has 0 aromatic carbocycles. The third-order valence-corrected chi connectivity index (χ3v) is 4.57. The molecule has 17 heavy (non-hydrogen) atoms. The molecular weight excluding hydrogens is 204 g/mol. The Morgan fingerprint density at radius 3 is 2.00 bits per heavy atom. The molecule has 0 saturated heterocycles. The molecule has 96 valence electrons. The molecule has 0 aromatic heterocycles. The summed E-state index contributed by atoms with van der Waals surface area (Å²) in [6.07, 6.45) is 18.4. The highest BCUT2D eigenvalue weighted by atomic mass is 14.3. The largest absolute Gasteiger partial charge is 0.103 e. The van der Waals surface area contributed by atoms with Crippen LogP contribution in [0.25, 0.3) is 0 Å². The summed E-state index contributed by atoms with van der Waals surface area (Å²) in [5, 5.41) is 0. The second kappa shape index (κ2) is 7.80. The van der Waals surface area contributed by atoms with E-state index in [1.54, 1.807) is 0 Å². The Balaban J connectivity index is 1.88. The van der Waals surface area contributed by atoms with Gasteiger partial charge in [-0.1, -0.05) is 57.3 Å². The smallest absolute Gasteiger partial charge is 0.0231 e. The highest BCUT2D eigenvalue weighted by Crippen LogP contribution is 2.32. The summed E-state index contributed by atoms with van der Waals surface area (Å²) >= 11 is 0. The second-order valence-electron chi connectivity index (χ2n) is 5.99. The third kappa shape index (κ3) is 4.74. The third-order valence-electron chi connectivity index (χ3n) is 4.57. The topological polar surface area (TPSA) is 0 Å². The molecule has 0 heterocycles. The van der Waals surface area contributed by atoms with Crippen molar-refractivity contribution in [2.24, 2.45) is 11.8 Å². The molecule has 1 fully saturated rings. The van der Waals surface area contributed by atoms with Crippen LogP contribution in [0.5, 0.6) is 0 Å². The Morgan fingerprint density at radius 2 is 1.18 bits per heavy atom. The number of hydrogen-bond donors (Lipinski definition) is 0. The Morgan fingerprint density at radius 1 is 0.588 bits per heavy atom. The van der Waals surface area contributed by atoms with Crippen molar-refractivity contribution in [3.63, 3.8) is 0 Å². The van der Waals surface area contributed by atoms with E-state index in [-0.39, 0.29) is 0 Å². The predicted molar refractivity (Wildman–Crippen MR) is 74.8 cm³/mol. The molecule has 2 rings (SSSR count). The van der Waals surface area contributed by atoms with Crippen LogP contribution in [0.3, 0.4) is 0 Å². The highest BCUT2D eigenvalue weighted by molar-refractivity contribution is 5.05. The lowest BCUT2D eigenvalue weighted by molar-refractivity contribution is 0.277. The van der Waals surface area contributed by atoms with Crippen molar-refractivity contribution >= 4 is 0 Å². The van der Waals surface area contributed by atoms with E-state index >= 15 is 0 Å². The van der Waals surface area contributed by atoms with Gasteiger partial charge in [0.15, 0.2) is 0 Å². The van der Waals surface area contributed by atoms with E-state index in [1.165, 1.54) is 77.0 Å². The van der Waals surface area contributed by atoms with Crippen LogP contribution >= 0.6 is 0 Å². The number of hydrogen-bond acceptors (Lipinski definition) is 0. The summed E-state index contributed by atoms with van der Waals surface area (Å²) in [5.74, 6) is 8.80. The van der Waals surface area contributed by atoms with Gasteiger partial charge in [0.25, 0.3) is 0 Å². The van der Waals surface area contributed by atoms with Gasteiger partial charge in [-0.3, -0.25) is 0 Å². The van der Waals surface area contributed by atoms with Crippen molar-refractivity contribution < 1.29 is 0 Å². The average molecular weight is 232 g/mol. The average Bonchev–Trinajstić information content (AvgIpc) is 2.45. The van der Waals surface area contributed by atoms with Crippen LogP contribution in [0.2, 0.25) is 0 Å². The van der Waals surface area contributed by atoms with Gasteiger partial charge in [0.1, 0.15) is 0 Å². The molecule has 0 radical (unpaired) electrons. The van der Waals surface area contributed by atoms with E-state index in [4.69, 9.17) is 0 Å². The lowest BCUT2D eigenvalue weighted by Gasteiger charge is -2.27. The van der Waals surface area contributed by atoms with Crippen LogP contribution in [-0.2, 0) is 0 Å². The first kappa shape index (κ1) is 13.0. The molecule has 0 spiro atoms. The highest BCUT2D eigenvalue weighted by Gasteiger charge is 2.21. The molecule has 2 aliphatic carbocycles. The van der Waals surface area contributed by atoms with Crippen LogP contribution in [0, 0.1) is 23.7 Å². The molecular formula is C17H28. The van der Waals surface area contributed by atoms with Gasteiger partial charge in [0.05, 0.1) is 0 Å². The maximum absolute atomic E-state index is 3.64. The van der Waals surface area contributed by atoms with E-state index in [2.05, 4.69) is 11.8 Å².